The van der Waals surface area contributed by atoms with E-state index in [1.54, 1.807) is 12.4 Å². The second kappa shape index (κ2) is 11.4. The number of halogens is 1. The van der Waals surface area contributed by atoms with Crippen LogP contribution in [0.15, 0.2) is 72.1 Å². The van der Waals surface area contributed by atoms with Crippen molar-refractivity contribution < 1.29 is 9.94 Å². The smallest absolute Gasteiger partial charge is 0.138 e. The molecule has 2 aromatic carbocycles. The molecule has 0 radical (unpaired) electrons. The number of aryl methyl sites for hydroxylation is 1. The fraction of sp³-hybridized carbons (Fsp3) is 0.250. The predicted octanol–water partition coefficient (Wildman–Crippen LogP) is 5.68. The van der Waals surface area contributed by atoms with Crippen molar-refractivity contribution in [2.24, 2.45) is 5.16 Å². The molecule has 0 unspecified atom stereocenters. The van der Waals surface area contributed by atoms with Crippen LogP contribution in [-0.2, 0) is 6.42 Å². The Morgan fingerprint density at radius 2 is 1.72 bits per heavy atom. The van der Waals surface area contributed by atoms with Crippen molar-refractivity contribution in [3.8, 4) is 39.7 Å². The third-order valence-electron chi connectivity index (χ3n) is 6.26. The molecule has 0 bridgehead atoms. The second-order valence-electron chi connectivity index (χ2n) is 8.99. The van der Waals surface area contributed by atoms with E-state index in [2.05, 4.69) is 40.2 Å². The Morgan fingerprint density at radius 1 is 0.972 bits per heavy atom. The number of aromatic nitrogens is 3. The van der Waals surface area contributed by atoms with Crippen LogP contribution < -0.4 is 4.74 Å². The Labute approximate surface area is 217 Å². The number of pyridine rings is 1. The number of nitrogens with zero attached hydrogens (tertiary/aromatic N) is 4. The quantitative estimate of drug-likeness (QED) is 0.183. The van der Waals surface area contributed by atoms with Crippen molar-refractivity contribution in [2.45, 2.75) is 19.3 Å². The first-order valence-electron chi connectivity index (χ1n) is 11.9. The first kappa shape index (κ1) is 25.4. The van der Waals surface area contributed by atoms with Crippen LogP contribution in [0.2, 0.25) is 0 Å². The van der Waals surface area contributed by atoms with E-state index < -0.39 is 0 Å². The second-order valence-corrected chi connectivity index (χ2v) is 8.99. The average Bonchev–Trinajstić information content (AvgIpc) is 3.51. The number of oxime groups is 1. The molecule has 1 aliphatic carbocycles. The Morgan fingerprint density at radius 3 is 2.44 bits per heavy atom. The van der Waals surface area contributed by atoms with Gasteiger partial charge in [0, 0.05) is 41.2 Å². The van der Waals surface area contributed by atoms with Gasteiger partial charge in [-0.3, -0.25) is 4.98 Å². The van der Waals surface area contributed by atoms with Crippen LogP contribution >= 0.6 is 12.4 Å². The molecule has 0 fully saturated rings. The summed E-state index contributed by atoms with van der Waals surface area (Å²) in [4.78, 5) is 14.9. The summed E-state index contributed by atoms with van der Waals surface area (Å²) >= 11 is 0. The molecule has 2 heterocycles. The molecule has 0 atom stereocenters. The van der Waals surface area contributed by atoms with Crippen LogP contribution in [0, 0.1) is 0 Å². The van der Waals surface area contributed by atoms with Crippen LogP contribution in [-0.4, -0.2) is 58.0 Å². The molecule has 0 amide bonds. The third kappa shape index (κ3) is 5.42. The Balaban J connectivity index is 0.00000304. The molecule has 186 valence electrons. The molecular weight excluding hydrogens is 474 g/mol. The highest BCUT2D eigenvalue weighted by molar-refractivity contribution is 6.04. The van der Waals surface area contributed by atoms with Crippen LogP contribution in [0.1, 0.15) is 24.0 Å². The molecule has 4 aromatic rings. The molecule has 1 aliphatic rings. The SMILES string of the molecule is CN(C)CCCOc1ccc(-c2nc(-c3ccc4c(c3)CCC4=NO)c(-c3ccncc3)[nH]2)cc1.Cl. The highest BCUT2D eigenvalue weighted by Crippen LogP contribution is 2.35. The monoisotopic (exact) mass is 503 g/mol. The van der Waals surface area contributed by atoms with Crippen molar-refractivity contribution in [1.29, 1.82) is 0 Å². The highest BCUT2D eigenvalue weighted by atomic mass is 35.5. The lowest BCUT2D eigenvalue weighted by Crippen LogP contribution is -2.15. The summed E-state index contributed by atoms with van der Waals surface area (Å²) in [6, 6.07) is 18.2. The molecule has 2 N–H and O–H groups in total. The molecule has 2 aromatic heterocycles. The standard InChI is InChI=1S/C28H29N5O2.ClH/c1-33(2)16-3-17-35-23-8-4-20(5-9-23)28-30-26(19-12-14-29-15-13-19)27(31-28)22-6-10-24-21(18-22)7-11-25(24)32-34;/h4-6,8-10,12-15,18,34H,3,7,11,16-17H2,1-2H3,(H,30,31);1H. The molecule has 0 saturated heterocycles. The molecule has 0 aliphatic heterocycles. The number of ether oxygens (including phenoxy) is 1. The highest BCUT2D eigenvalue weighted by Gasteiger charge is 2.21. The van der Waals surface area contributed by atoms with Crippen molar-refractivity contribution in [1.82, 2.24) is 19.9 Å². The largest absolute Gasteiger partial charge is 0.494 e. The van der Waals surface area contributed by atoms with Gasteiger partial charge in [0.25, 0.3) is 0 Å². The summed E-state index contributed by atoms with van der Waals surface area (Å²) in [5, 5.41) is 12.7. The van der Waals surface area contributed by atoms with Crippen molar-refractivity contribution in [3.05, 3.63) is 78.1 Å². The predicted molar refractivity (Wildman–Crippen MR) is 145 cm³/mol. The lowest BCUT2D eigenvalue weighted by molar-refractivity contribution is 0.281. The number of H-pyrrole nitrogens is 1. The molecule has 36 heavy (non-hydrogen) atoms. The maximum atomic E-state index is 9.28. The number of aromatic amines is 1. The van der Waals surface area contributed by atoms with E-state index in [0.29, 0.717) is 6.61 Å². The zero-order chi connectivity index (χ0) is 24.2. The topological polar surface area (TPSA) is 86.6 Å². The minimum Gasteiger partial charge on any atom is -0.494 e. The summed E-state index contributed by atoms with van der Waals surface area (Å²) in [7, 11) is 4.13. The van der Waals surface area contributed by atoms with Crippen LogP contribution in [0.4, 0.5) is 0 Å². The van der Waals surface area contributed by atoms with Gasteiger partial charge in [-0.25, -0.2) is 4.98 Å². The molecule has 0 spiro atoms. The normalized spacial score (nSPS) is 13.6. The molecular formula is C28H30ClN5O2. The van der Waals surface area contributed by atoms with Crippen LogP contribution in [0.5, 0.6) is 5.75 Å². The van der Waals surface area contributed by atoms with Gasteiger partial charge in [0.2, 0.25) is 0 Å². The Kier molecular flexibility index (Phi) is 8.03. The average molecular weight is 504 g/mol. The summed E-state index contributed by atoms with van der Waals surface area (Å²) < 4.78 is 5.88. The van der Waals surface area contributed by atoms with Gasteiger partial charge in [0.1, 0.15) is 11.6 Å². The van der Waals surface area contributed by atoms with E-state index in [9.17, 15) is 5.21 Å². The van der Waals surface area contributed by atoms with Gasteiger partial charge in [-0.15, -0.1) is 12.4 Å². The Hall–Kier alpha value is -3.68. The number of fused-ring (bicyclic) bond motifs is 1. The van der Waals surface area contributed by atoms with Gasteiger partial charge >= 0.3 is 0 Å². The number of nitrogens with one attached hydrogen (secondary N) is 1. The summed E-state index contributed by atoms with van der Waals surface area (Å²) in [5.74, 6) is 1.65. The minimum atomic E-state index is 0. The van der Waals surface area contributed by atoms with E-state index in [1.165, 1.54) is 5.56 Å². The molecule has 7 nitrogen and oxygen atoms in total. The zero-order valence-corrected chi connectivity index (χ0v) is 21.3. The van der Waals surface area contributed by atoms with E-state index in [0.717, 1.165) is 76.7 Å². The fourth-order valence-electron chi connectivity index (χ4n) is 4.45. The summed E-state index contributed by atoms with van der Waals surface area (Å²) in [6.45, 7) is 1.69. The fourth-order valence-corrected chi connectivity index (χ4v) is 4.45. The van der Waals surface area contributed by atoms with Gasteiger partial charge in [0.15, 0.2) is 0 Å². The van der Waals surface area contributed by atoms with Crippen molar-refractivity contribution in [2.75, 3.05) is 27.2 Å². The van der Waals surface area contributed by atoms with E-state index in [1.807, 2.05) is 48.5 Å². The van der Waals surface area contributed by atoms with Crippen molar-refractivity contribution >= 4 is 18.1 Å². The maximum Gasteiger partial charge on any atom is 0.138 e. The van der Waals surface area contributed by atoms with Crippen molar-refractivity contribution in [3.63, 3.8) is 0 Å². The first-order chi connectivity index (χ1) is 17.1. The summed E-state index contributed by atoms with van der Waals surface area (Å²) in [5.41, 5.74) is 7.80. The van der Waals surface area contributed by atoms with Crippen LogP contribution in [0.3, 0.4) is 0 Å². The lowest BCUT2D eigenvalue weighted by atomic mass is 10.0. The van der Waals surface area contributed by atoms with Gasteiger partial charge in [-0.05, 0) is 81.4 Å². The van der Waals surface area contributed by atoms with Gasteiger partial charge in [-0.1, -0.05) is 17.3 Å². The first-order valence-corrected chi connectivity index (χ1v) is 11.9. The van der Waals surface area contributed by atoms with Gasteiger partial charge in [-0.2, -0.15) is 0 Å². The number of imidazole rings is 1. The summed E-state index contributed by atoms with van der Waals surface area (Å²) in [6.07, 6.45) is 6.17. The lowest BCUT2D eigenvalue weighted by Gasteiger charge is -2.10. The Bertz CT molecular complexity index is 1330. The number of hydrogen-bond acceptors (Lipinski definition) is 6. The molecule has 8 heteroatoms. The number of rotatable bonds is 8. The van der Waals surface area contributed by atoms with Gasteiger partial charge < -0.3 is 19.8 Å². The molecule has 5 rings (SSSR count). The minimum absolute atomic E-state index is 0. The zero-order valence-electron chi connectivity index (χ0n) is 20.4. The maximum absolute atomic E-state index is 9.28. The van der Waals surface area contributed by atoms with Crippen LogP contribution in [0.25, 0.3) is 33.9 Å². The number of hydrogen-bond donors (Lipinski definition) is 2. The third-order valence-corrected chi connectivity index (χ3v) is 6.26. The molecule has 0 saturated carbocycles. The number of benzene rings is 2. The van der Waals surface area contributed by atoms with E-state index >= 15 is 0 Å². The van der Waals surface area contributed by atoms with E-state index in [4.69, 9.17) is 9.72 Å². The van der Waals surface area contributed by atoms with E-state index in [-0.39, 0.29) is 12.4 Å². The van der Waals surface area contributed by atoms with Gasteiger partial charge in [0.05, 0.1) is 23.7 Å².